The van der Waals surface area contributed by atoms with Gasteiger partial charge in [0.15, 0.2) is 0 Å². The lowest BCUT2D eigenvalue weighted by Crippen LogP contribution is -2.29. The van der Waals surface area contributed by atoms with Gasteiger partial charge in [0.25, 0.3) is 0 Å². The molecule has 0 bridgehead atoms. The van der Waals surface area contributed by atoms with Gasteiger partial charge < -0.3 is 20.3 Å². The highest BCUT2D eigenvalue weighted by molar-refractivity contribution is 5.68. The summed E-state index contributed by atoms with van der Waals surface area (Å²) in [5.41, 5.74) is 3.09. The SMILES string of the molecule is CCCCOc1cccc2c1NC(c1ccc(O)cc1O)C1CC=CC21. The van der Waals surface area contributed by atoms with Crippen molar-refractivity contribution in [1.82, 2.24) is 0 Å². The van der Waals surface area contributed by atoms with E-state index < -0.39 is 0 Å². The lowest BCUT2D eigenvalue weighted by atomic mass is 9.76. The minimum absolute atomic E-state index is 0.0287. The van der Waals surface area contributed by atoms with Gasteiger partial charge in [-0.25, -0.2) is 0 Å². The first-order valence-electron chi connectivity index (χ1n) is 9.40. The van der Waals surface area contributed by atoms with E-state index in [9.17, 15) is 10.2 Å². The quantitative estimate of drug-likeness (QED) is 0.518. The summed E-state index contributed by atoms with van der Waals surface area (Å²) < 4.78 is 6.04. The molecule has 3 N–H and O–H groups in total. The highest BCUT2D eigenvalue weighted by atomic mass is 16.5. The third-order valence-electron chi connectivity index (χ3n) is 5.46. The largest absolute Gasteiger partial charge is 0.508 e. The van der Waals surface area contributed by atoms with E-state index in [2.05, 4.69) is 36.5 Å². The standard InChI is InChI=1S/C22H25NO3/c1-2-3-12-26-20-9-5-8-17-15-6-4-7-16(15)21(23-22(17)20)18-11-10-14(24)13-19(18)25/h4-6,8-11,13,15-16,21,23-25H,2-3,7,12H2,1H3. The second kappa shape index (κ2) is 6.94. The van der Waals surface area contributed by atoms with Crippen LogP contribution < -0.4 is 10.1 Å². The number of allylic oxidation sites excluding steroid dienone is 2. The van der Waals surface area contributed by atoms with E-state index in [0.717, 1.165) is 36.3 Å². The van der Waals surface area contributed by atoms with Gasteiger partial charge in [-0.15, -0.1) is 0 Å². The van der Waals surface area contributed by atoms with Crippen molar-refractivity contribution < 1.29 is 14.9 Å². The molecule has 3 atom stereocenters. The van der Waals surface area contributed by atoms with E-state index in [1.54, 1.807) is 6.07 Å². The molecule has 0 saturated heterocycles. The zero-order valence-electron chi connectivity index (χ0n) is 15.0. The molecule has 2 aromatic rings. The first-order chi connectivity index (χ1) is 12.7. The van der Waals surface area contributed by atoms with Crippen molar-refractivity contribution in [2.24, 2.45) is 5.92 Å². The average molecular weight is 351 g/mol. The van der Waals surface area contributed by atoms with Crippen LogP contribution in [-0.2, 0) is 0 Å². The predicted molar refractivity (Wildman–Crippen MR) is 103 cm³/mol. The van der Waals surface area contributed by atoms with E-state index >= 15 is 0 Å². The van der Waals surface area contributed by atoms with Gasteiger partial charge in [0.2, 0.25) is 0 Å². The van der Waals surface area contributed by atoms with Gasteiger partial charge in [0.05, 0.1) is 18.3 Å². The van der Waals surface area contributed by atoms with Gasteiger partial charge in [-0.2, -0.15) is 0 Å². The van der Waals surface area contributed by atoms with E-state index in [4.69, 9.17) is 4.74 Å². The van der Waals surface area contributed by atoms with E-state index in [-0.39, 0.29) is 17.5 Å². The highest BCUT2D eigenvalue weighted by Gasteiger charge is 2.39. The van der Waals surface area contributed by atoms with Gasteiger partial charge in [0.1, 0.15) is 17.2 Å². The molecular formula is C22H25NO3. The molecule has 3 unspecified atom stereocenters. The summed E-state index contributed by atoms with van der Waals surface area (Å²) in [5, 5.41) is 23.7. The molecule has 0 aromatic heterocycles. The number of anilines is 1. The number of nitrogens with one attached hydrogen (secondary N) is 1. The lowest BCUT2D eigenvalue weighted by Gasteiger charge is -2.38. The zero-order valence-corrected chi connectivity index (χ0v) is 15.0. The van der Waals surface area contributed by atoms with Crippen molar-refractivity contribution >= 4 is 5.69 Å². The summed E-state index contributed by atoms with van der Waals surface area (Å²) in [6.07, 6.45) is 7.58. The van der Waals surface area contributed by atoms with Crippen LogP contribution in [0.1, 0.15) is 49.3 Å². The summed E-state index contributed by atoms with van der Waals surface area (Å²) in [7, 11) is 0. The highest BCUT2D eigenvalue weighted by Crippen LogP contribution is 2.53. The number of fused-ring (bicyclic) bond motifs is 3. The van der Waals surface area contributed by atoms with E-state index in [1.807, 2.05) is 12.1 Å². The predicted octanol–water partition coefficient (Wildman–Crippen LogP) is 5.10. The van der Waals surface area contributed by atoms with Crippen LogP contribution in [0.5, 0.6) is 17.2 Å². The van der Waals surface area contributed by atoms with Gasteiger partial charge in [-0.3, -0.25) is 0 Å². The molecule has 2 aromatic carbocycles. The van der Waals surface area contributed by atoms with Crippen LogP contribution in [0.3, 0.4) is 0 Å². The lowest BCUT2D eigenvalue weighted by molar-refractivity contribution is 0.307. The molecule has 1 aliphatic heterocycles. The molecule has 4 heteroatoms. The van der Waals surface area contributed by atoms with Crippen LogP contribution in [0.2, 0.25) is 0 Å². The van der Waals surface area contributed by atoms with Crippen molar-refractivity contribution in [2.75, 3.05) is 11.9 Å². The van der Waals surface area contributed by atoms with Gasteiger partial charge in [0, 0.05) is 17.5 Å². The third kappa shape index (κ3) is 2.90. The molecular weight excluding hydrogens is 326 g/mol. The molecule has 0 radical (unpaired) electrons. The molecule has 4 nitrogen and oxygen atoms in total. The number of phenols is 2. The van der Waals surface area contributed by atoms with Crippen molar-refractivity contribution in [3.8, 4) is 17.2 Å². The van der Waals surface area contributed by atoms with Gasteiger partial charge in [-0.05, 0) is 42.5 Å². The zero-order chi connectivity index (χ0) is 18.1. The first-order valence-corrected chi connectivity index (χ1v) is 9.40. The third-order valence-corrected chi connectivity index (χ3v) is 5.46. The molecule has 0 saturated carbocycles. The number of hydrogen-bond acceptors (Lipinski definition) is 4. The Balaban J connectivity index is 1.73. The van der Waals surface area contributed by atoms with Crippen molar-refractivity contribution in [3.63, 3.8) is 0 Å². The molecule has 2 aliphatic rings. The minimum atomic E-state index is -0.0287. The maximum atomic E-state index is 10.4. The Morgan fingerprint density at radius 1 is 1.15 bits per heavy atom. The Labute approximate surface area is 154 Å². The molecule has 1 heterocycles. The summed E-state index contributed by atoms with van der Waals surface area (Å²) in [5.74, 6) is 1.72. The Hall–Kier alpha value is -2.62. The number of hydrogen-bond donors (Lipinski definition) is 3. The Morgan fingerprint density at radius 3 is 2.85 bits per heavy atom. The monoisotopic (exact) mass is 351 g/mol. The molecule has 1 aliphatic carbocycles. The maximum Gasteiger partial charge on any atom is 0.142 e. The molecule has 0 spiro atoms. The van der Waals surface area contributed by atoms with Crippen LogP contribution in [0.15, 0.2) is 48.6 Å². The van der Waals surface area contributed by atoms with Crippen LogP contribution in [0.4, 0.5) is 5.69 Å². The number of aromatic hydroxyl groups is 2. The molecule has 4 rings (SSSR count). The summed E-state index contributed by atoms with van der Waals surface area (Å²) >= 11 is 0. The Bertz CT molecular complexity index is 830. The summed E-state index contributed by atoms with van der Waals surface area (Å²) in [6, 6.07) is 11.1. The summed E-state index contributed by atoms with van der Waals surface area (Å²) in [4.78, 5) is 0. The Morgan fingerprint density at radius 2 is 2.04 bits per heavy atom. The summed E-state index contributed by atoms with van der Waals surface area (Å²) in [6.45, 7) is 2.85. The number of para-hydroxylation sites is 1. The topological polar surface area (TPSA) is 61.7 Å². The van der Waals surface area contributed by atoms with Crippen molar-refractivity contribution in [1.29, 1.82) is 0 Å². The number of rotatable bonds is 5. The number of benzene rings is 2. The second-order valence-corrected chi connectivity index (χ2v) is 7.14. The maximum absolute atomic E-state index is 10.4. The van der Waals surface area contributed by atoms with Crippen LogP contribution in [-0.4, -0.2) is 16.8 Å². The number of ether oxygens (including phenoxy) is 1. The number of unbranched alkanes of at least 4 members (excludes halogenated alkanes) is 1. The van der Waals surface area contributed by atoms with Crippen LogP contribution in [0.25, 0.3) is 0 Å². The van der Waals surface area contributed by atoms with Crippen LogP contribution >= 0.6 is 0 Å². The fourth-order valence-corrected chi connectivity index (χ4v) is 4.14. The van der Waals surface area contributed by atoms with Gasteiger partial charge >= 0.3 is 0 Å². The van der Waals surface area contributed by atoms with Crippen molar-refractivity contribution in [2.45, 2.75) is 38.1 Å². The van der Waals surface area contributed by atoms with Gasteiger partial charge in [-0.1, -0.05) is 37.6 Å². The van der Waals surface area contributed by atoms with E-state index in [1.165, 1.54) is 11.6 Å². The molecule has 0 fully saturated rings. The fourth-order valence-electron chi connectivity index (χ4n) is 4.14. The normalized spacial score (nSPS) is 23.2. The van der Waals surface area contributed by atoms with Crippen LogP contribution in [0, 0.1) is 5.92 Å². The van der Waals surface area contributed by atoms with Crippen molar-refractivity contribution in [3.05, 3.63) is 59.7 Å². The molecule has 26 heavy (non-hydrogen) atoms. The number of phenolic OH excluding ortho intramolecular Hbond substituents is 2. The molecule has 136 valence electrons. The smallest absolute Gasteiger partial charge is 0.142 e. The Kier molecular flexibility index (Phi) is 4.49. The molecule has 0 amide bonds. The average Bonchev–Trinajstić information content (AvgIpc) is 3.12. The van der Waals surface area contributed by atoms with E-state index in [0.29, 0.717) is 18.4 Å². The first kappa shape index (κ1) is 16.8. The fraction of sp³-hybridized carbons (Fsp3) is 0.364. The minimum Gasteiger partial charge on any atom is -0.508 e. The second-order valence-electron chi connectivity index (χ2n) is 7.14.